The van der Waals surface area contributed by atoms with Crippen LogP contribution in [0, 0.1) is 17.2 Å². The van der Waals surface area contributed by atoms with Gasteiger partial charge >= 0.3 is 0 Å². The molecule has 1 aromatic rings. The van der Waals surface area contributed by atoms with E-state index in [-0.39, 0.29) is 6.04 Å². The number of nitriles is 1. The average molecular weight is 294 g/mol. The van der Waals surface area contributed by atoms with Gasteiger partial charge in [0.15, 0.2) is 0 Å². The molecule has 2 rings (SSSR count). The Hall–Kier alpha value is -1.05. The molecule has 0 radical (unpaired) electrons. The molecule has 90 valence electrons. The molecule has 1 aliphatic heterocycles. The molecule has 0 spiro atoms. The SMILES string of the molecule is CC1CCN(c2ccc(Br)cc2C#N)CC1N. The van der Waals surface area contributed by atoms with E-state index in [0.717, 1.165) is 29.7 Å². The maximum atomic E-state index is 9.16. The lowest BCUT2D eigenvalue weighted by Crippen LogP contribution is -2.47. The molecular weight excluding hydrogens is 278 g/mol. The summed E-state index contributed by atoms with van der Waals surface area (Å²) in [5.74, 6) is 0.562. The van der Waals surface area contributed by atoms with Crippen LogP contribution in [-0.2, 0) is 0 Å². The molecule has 1 aromatic carbocycles. The van der Waals surface area contributed by atoms with Gasteiger partial charge < -0.3 is 10.6 Å². The lowest BCUT2D eigenvalue weighted by atomic mass is 9.93. The van der Waals surface area contributed by atoms with Crippen molar-refractivity contribution in [3.63, 3.8) is 0 Å². The Balaban J connectivity index is 2.26. The summed E-state index contributed by atoms with van der Waals surface area (Å²) in [5, 5.41) is 9.16. The van der Waals surface area contributed by atoms with E-state index in [2.05, 4.69) is 33.8 Å². The highest BCUT2D eigenvalue weighted by molar-refractivity contribution is 9.10. The second-order valence-corrected chi connectivity index (χ2v) is 5.56. The second kappa shape index (κ2) is 5.07. The standard InChI is InChI=1S/C13H16BrN3/c1-9-4-5-17(8-12(9)16)13-3-2-11(14)6-10(13)7-15/h2-3,6,9,12H,4-5,8,16H2,1H3. The van der Waals surface area contributed by atoms with Gasteiger partial charge in [0.1, 0.15) is 6.07 Å². The Bertz CT molecular complexity index is 452. The highest BCUT2D eigenvalue weighted by Gasteiger charge is 2.24. The molecule has 0 amide bonds. The Kier molecular flexibility index (Phi) is 3.70. The predicted molar refractivity (Wildman–Crippen MR) is 72.8 cm³/mol. The maximum Gasteiger partial charge on any atom is 0.101 e. The number of nitrogens with zero attached hydrogens (tertiary/aromatic N) is 2. The van der Waals surface area contributed by atoms with Crippen molar-refractivity contribution >= 4 is 21.6 Å². The molecule has 2 unspecified atom stereocenters. The summed E-state index contributed by atoms with van der Waals surface area (Å²) in [6, 6.07) is 8.26. The number of rotatable bonds is 1. The third-order valence-electron chi connectivity index (χ3n) is 3.44. The first-order valence-electron chi connectivity index (χ1n) is 5.82. The van der Waals surface area contributed by atoms with Crippen molar-refractivity contribution in [1.29, 1.82) is 5.26 Å². The lowest BCUT2D eigenvalue weighted by Gasteiger charge is -2.37. The molecule has 0 aromatic heterocycles. The van der Waals surface area contributed by atoms with Crippen molar-refractivity contribution in [2.45, 2.75) is 19.4 Å². The largest absolute Gasteiger partial charge is 0.369 e. The third kappa shape index (κ3) is 2.62. The zero-order valence-electron chi connectivity index (χ0n) is 9.86. The number of benzene rings is 1. The van der Waals surface area contributed by atoms with Gasteiger partial charge in [-0.2, -0.15) is 5.26 Å². The van der Waals surface area contributed by atoms with Crippen molar-refractivity contribution in [3.8, 4) is 6.07 Å². The van der Waals surface area contributed by atoms with Gasteiger partial charge in [-0.05, 0) is 30.5 Å². The highest BCUT2D eigenvalue weighted by atomic mass is 79.9. The van der Waals surface area contributed by atoms with Crippen molar-refractivity contribution in [2.75, 3.05) is 18.0 Å². The van der Waals surface area contributed by atoms with Gasteiger partial charge in [-0.1, -0.05) is 22.9 Å². The number of anilines is 1. The highest BCUT2D eigenvalue weighted by Crippen LogP contribution is 2.27. The molecule has 0 aliphatic carbocycles. The molecule has 17 heavy (non-hydrogen) atoms. The van der Waals surface area contributed by atoms with Crippen LogP contribution in [0.2, 0.25) is 0 Å². The maximum absolute atomic E-state index is 9.16. The van der Waals surface area contributed by atoms with Crippen molar-refractivity contribution in [2.24, 2.45) is 11.7 Å². The van der Waals surface area contributed by atoms with Crippen LogP contribution in [0.15, 0.2) is 22.7 Å². The minimum absolute atomic E-state index is 0.193. The van der Waals surface area contributed by atoms with Crippen molar-refractivity contribution in [1.82, 2.24) is 0 Å². The summed E-state index contributed by atoms with van der Waals surface area (Å²) >= 11 is 3.39. The van der Waals surface area contributed by atoms with Crippen LogP contribution in [-0.4, -0.2) is 19.1 Å². The van der Waals surface area contributed by atoms with E-state index in [0.29, 0.717) is 11.5 Å². The number of piperidine rings is 1. The Morgan fingerprint density at radius 1 is 1.53 bits per heavy atom. The zero-order valence-corrected chi connectivity index (χ0v) is 11.4. The van der Waals surface area contributed by atoms with Gasteiger partial charge in [-0.3, -0.25) is 0 Å². The topological polar surface area (TPSA) is 53.0 Å². The first-order chi connectivity index (χ1) is 8.11. The van der Waals surface area contributed by atoms with Crippen LogP contribution in [0.3, 0.4) is 0 Å². The molecule has 1 fully saturated rings. The van der Waals surface area contributed by atoms with Crippen molar-refractivity contribution < 1.29 is 0 Å². The van der Waals surface area contributed by atoms with Crippen LogP contribution in [0.1, 0.15) is 18.9 Å². The van der Waals surface area contributed by atoms with E-state index < -0.39 is 0 Å². The molecule has 1 aliphatic rings. The summed E-state index contributed by atoms with van der Waals surface area (Å²) in [7, 11) is 0. The minimum atomic E-state index is 0.193. The normalized spacial score (nSPS) is 24.5. The van der Waals surface area contributed by atoms with E-state index in [4.69, 9.17) is 11.0 Å². The number of nitrogens with two attached hydrogens (primary N) is 1. The quantitative estimate of drug-likeness (QED) is 0.865. The number of halogens is 1. The van der Waals surface area contributed by atoms with Gasteiger partial charge in [0.2, 0.25) is 0 Å². The summed E-state index contributed by atoms with van der Waals surface area (Å²) in [6.45, 7) is 4.00. The van der Waals surface area contributed by atoms with Crippen LogP contribution >= 0.6 is 15.9 Å². The van der Waals surface area contributed by atoms with E-state index >= 15 is 0 Å². The molecule has 2 atom stereocenters. The molecule has 3 nitrogen and oxygen atoms in total. The van der Waals surface area contributed by atoms with Crippen LogP contribution < -0.4 is 10.6 Å². The monoisotopic (exact) mass is 293 g/mol. The molecule has 0 saturated carbocycles. The first-order valence-corrected chi connectivity index (χ1v) is 6.61. The molecule has 1 saturated heterocycles. The average Bonchev–Trinajstić information content (AvgIpc) is 2.32. The van der Waals surface area contributed by atoms with Crippen LogP contribution in [0.4, 0.5) is 5.69 Å². The van der Waals surface area contributed by atoms with E-state index in [1.165, 1.54) is 0 Å². The van der Waals surface area contributed by atoms with E-state index in [9.17, 15) is 0 Å². The second-order valence-electron chi connectivity index (χ2n) is 4.65. The summed E-state index contributed by atoms with van der Waals surface area (Å²) in [6.07, 6.45) is 1.09. The Morgan fingerprint density at radius 3 is 2.94 bits per heavy atom. The van der Waals surface area contributed by atoms with Crippen LogP contribution in [0.5, 0.6) is 0 Å². The van der Waals surface area contributed by atoms with E-state index in [1.807, 2.05) is 18.2 Å². The fourth-order valence-corrected chi connectivity index (χ4v) is 2.55. The summed E-state index contributed by atoms with van der Waals surface area (Å²) in [5.41, 5.74) is 7.80. The van der Waals surface area contributed by atoms with Gasteiger partial charge in [-0.25, -0.2) is 0 Å². The van der Waals surface area contributed by atoms with Gasteiger partial charge in [0.05, 0.1) is 11.3 Å². The minimum Gasteiger partial charge on any atom is -0.369 e. The lowest BCUT2D eigenvalue weighted by molar-refractivity contribution is 0.379. The molecular formula is C13H16BrN3. The van der Waals surface area contributed by atoms with Gasteiger partial charge in [0.25, 0.3) is 0 Å². The third-order valence-corrected chi connectivity index (χ3v) is 3.93. The van der Waals surface area contributed by atoms with Crippen molar-refractivity contribution in [3.05, 3.63) is 28.2 Å². The predicted octanol–water partition coefficient (Wildman–Crippen LogP) is 2.49. The fourth-order valence-electron chi connectivity index (χ4n) is 2.19. The number of hydrogen-bond acceptors (Lipinski definition) is 3. The Morgan fingerprint density at radius 2 is 2.29 bits per heavy atom. The summed E-state index contributed by atoms with van der Waals surface area (Å²) < 4.78 is 0.937. The Labute approximate surface area is 110 Å². The fraction of sp³-hybridized carbons (Fsp3) is 0.462. The summed E-state index contributed by atoms with van der Waals surface area (Å²) in [4.78, 5) is 2.22. The molecule has 4 heteroatoms. The van der Waals surface area contributed by atoms with Gasteiger partial charge in [0, 0.05) is 23.6 Å². The first kappa shape index (κ1) is 12.4. The number of hydrogen-bond donors (Lipinski definition) is 1. The molecule has 2 N–H and O–H groups in total. The molecule has 0 bridgehead atoms. The van der Waals surface area contributed by atoms with E-state index in [1.54, 1.807) is 0 Å². The van der Waals surface area contributed by atoms with Gasteiger partial charge in [-0.15, -0.1) is 0 Å². The molecule has 1 heterocycles. The zero-order chi connectivity index (χ0) is 12.4. The smallest absolute Gasteiger partial charge is 0.101 e. The van der Waals surface area contributed by atoms with Crippen LogP contribution in [0.25, 0.3) is 0 Å².